The lowest BCUT2D eigenvalue weighted by atomic mass is 10.1. The van der Waals surface area contributed by atoms with Gasteiger partial charge in [0.1, 0.15) is 12.4 Å². The van der Waals surface area contributed by atoms with Crippen molar-refractivity contribution in [2.75, 3.05) is 13.2 Å². The molecule has 178 valence electrons. The quantitative estimate of drug-likeness (QED) is 0.199. The van der Waals surface area contributed by atoms with E-state index in [0.717, 1.165) is 13.2 Å². The number of aromatic nitrogens is 2. The number of unbranched alkanes of at least 4 members (excludes halogenated alkanes) is 14. The van der Waals surface area contributed by atoms with Crippen molar-refractivity contribution in [3.8, 4) is 0 Å². The molecule has 1 rings (SSSR count). The molecule has 1 heterocycles. The number of halogens is 1. The van der Waals surface area contributed by atoms with Crippen LogP contribution < -0.4 is 17.0 Å². The van der Waals surface area contributed by atoms with Crippen LogP contribution in [0, 0.1) is 0 Å². The third-order valence-electron chi connectivity index (χ3n) is 5.51. The second-order valence-corrected chi connectivity index (χ2v) is 8.47. The third-order valence-corrected chi connectivity index (χ3v) is 5.51. The van der Waals surface area contributed by atoms with Gasteiger partial charge >= 0.3 is 0 Å². The fourth-order valence-electron chi connectivity index (χ4n) is 3.61. The minimum absolute atomic E-state index is 0. The first-order valence-corrected chi connectivity index (χ1v) is 12.6. The molecule has 1 aromatic rings. The zero-order valence-corrected chi connectivity index (χ0v) is 20.7. The van der Waals surface area contributed by atoms with E-state index in [1.807, 2.05) is 0 Å². The van der Waals surface area contributed by atoms with Crippen molar-refractivity contribution in [1.29, 1.82) is 0 Å². The number of nitrogens with zero attached hydrogens (tertiary/aromatic N) is 2. The lowest BCUT2D eigenvalue weighted by Crippen LogP contribution is -3.00. The molecule has 4 nitrogen and oxygen atoms in total. The zero-order valence-electron chi connectivity index (χ0n) is 20.0. The van der Waals surface area contributed by atoms with Crippen LogP contribution in [0.2, 0.25) is 0 Å². The molecule has 0 amide bonds. The van der Waals surface area contributed by atoms with E-state index in [1.165, 1.54) is 103 Å². The summed E-state index contributed by atoms with van der Waals surface area (Å²) in [5, 5.41) is 0. The molecular formula is C25H49ClN2O2. The minimum atomic E-state index is 0. The molecule has 5 heteroatoms. The summed E-state index contributed by atoms with van der Waals surface area (Å²) in [6.45, 7) is 7.55. The number of hydrogen-bond donors (Lipinski definition) is 0. The largest absolute Gasteiger partial charge is 1.00 e. The van der Waals surface area contributed by atoms with Crippen molar-refractivity contribution in [1.82, 2.24) is 4.57 Å². The molecule has 0 aliphatic rings. The van der Waals surface area contributed by atoms with Crippen LogP contribution in [0.4, 0.5) is 0 Å². The Kier molecular flexibility index (Phi) is 22.6. The van der Waals surface area contributed by atoms with Crippen molar-refractivity contribution in [3.63, 3.8) is 0 Å². The van der Waals surface area contributed by atoms with Crippen molar-refractivity contribution in [3.05, 3.63) is 18.7 Å². The maximum atomic E-state index is 5.79. The highest BCUT2D eigenvalue weighted by Crippen LogP contribution is 2.09. The molecule has 0 aliphatic carbocycles. The molecule has 0 saturated heterocycles. The number of hydrogen-bond acceptors (Lipinski definition) is 2. The second-order valence-electron chi connectivity index (χ2n) is 8.47. The van der Waals surface area contributed by atoms with Gasteiger partial charge in [-0.1, -0.05) is 104 Å². The van der Waals surface area contributed by atoms with Crippen LogP contribution >= 0.6 is 0 Å². The van der Waals surface area contributed by atoms with Gasteiger partial charge in [0.2, 0.25) is 6.33 Å². The van der Waals surface area contributed by atoms with E-state index in [4.69, 9.17) is 9.47 Å². The first kappa shape index (κ1) is 29.4. The SMILES string of the molecule is CCCCCCCCCCOCn1cc[n+](COCCCCCCCCCC)c1.[Cl-]. The minimum Gasteiger partial charge on any atom is -1.00 e. The molecular weight excluding hydrogens is 396 g/mol. The standard InChI is InChI=1S/C25H49N2O2.ClH/c1-3-5-7-9-11-13-15-17-21-28-24-26-19-20-27(23-26)25-29-22-18-16-14-12-10-8-6-4-2;/h19-20,23H,3-18,21-22,24-25H2,1-2H3;1H/q+1;/p-1. The molecule has 0 spiro atoms. The van der Waals surface area contributed by atoms with Crippen molar-refractivity contribution < 1.29 is 26.4 Å². The predicted octanol–water partition coefficient (Wildman–Crippen LogP) is 4.01. The summed E-state index contributed by atoms with van der Waals surface area (Å²) in [6.07, 6.45) is 27.7. The van der Waals surface area contributed by atoms with Gasteiger partial charge < -0.3 is 21.9 Å². The highest BCUT2D eigenvalue weighted by molar-refractivity contribution is 4.63. The van der Waals surface area contributed by atoms with Gasteiger partial charge in [-0.2, -0.15) is 0 Å². The Morgan fingerprint density at radius 3 is 1.63 bits per heavy atom. The molecule has 0 aromatic carbocycles. The van der Waals surface area contributed by atoms with Gasteiger partial charge in [0.15, 0.2) is 13.5 Å². The molecule has 30 heavy (non-hydrogen) atoms. The summed E-state index contributed by atoms with van der Waals surface area (Å²) in [6, 6.07) is 0. The topological polar surface area (TPSA) is 27.3 Å². The van der Waals surface area contributed by atoms with Gasteiger partial charge in [-0.25, -0.2) is 9.13 Å². The predicted molar refractivity (Wildman–Crippen MR) is 122 cm³/mol. The monoisotopic (exact) mass is 444 g/mol. The van der Waals surface area contributed by atoms with Crippen LogP contribution in [0.15, 0.2) is 18.7 Å². The van der Waals surface area contributed by atoms with Gasteiger partial charge in [0.25, 0.3) is 0 Å². The van der Waals surface area contributed by atoms with Crippen LogP contribution in [0.25, 0.3) is 0 Å². The Hall–Kier alpha value is -0.580. The summed E-state index contributed by atoms with van der Waals surface area (Å²) in [7, 11) is 0. The maximum Gasteiger partial charge on any atom is 0.247 e. The van der Waals surface area contributed by atoms with Crippen LogP contribution in [0.3, 0.4) is 0 Å². The third kappa shape index (κ3) is 18.2. The van der Waals surface area contributed by atoms with Crippen LogP contribution in [-0.2, 0) is 22.9 Å². The average Bonchev–Trinajstić information content (AvgIpc) is 3.18. The second kappa shape index (κ2) is 23.1. The highest BCUT2D eigenvalue weighted by Gasteiger charge is 2.03. The molecule has 0 radical (unpaired) electrons. The lowest BCUT2D eigenvalue weighted by molar-refractivity contribution is -0.732. The maximum absolute atomic E-state index is 5.79. The van der Waals surface area contributed by atoms with Gasteiger partial charge in [0.05, 0.1) is 13.2 Å². The zero-order chi connectivity index (χ0) is 20.8. The summed E-state index contributed by atoms with van der Waals surface area (Å²) < 4.78 is 15.8. The van der Waals surface area contributed by atoms with Crippen molar-refractivity contribution in [2.24, 2.45) is 0 Å². The Morgan fingerprint density at radius 2 is 1.10 bits per heavy atom. The number of rotatable bonds is 22. The van der Waals surface area contributed by atoms with Gasteiger partial charge in [-0.3, -0.25) is 0 Å². The first-order valence-electron chi connectivity index (χ1n) is 12.6. The summed E-state index contributed by atoms with van der Waals surface area (Å²) >= 11 is 0. The summed E-state index contributed by atoms with van der Waals surface area (Å²) in [5.41, 5.74) is 0. The molecule has 0 fully saturated rings. The van der Waals surface area contributed by atoms with Crippen LogP contribution in [0.1, 0.15) is 117 Å². The summed E-state index contributed by atoms with van der Waals surface area (Å²) in [4.78, 5) is 0. The Balaban J connectivity index is 0.00000841. The Labute approximate surface area is 193 Å². The van der Waals surface area contributed by atoms with Gasteiger partial charge in [0, 0.05) is 0 Å². The van der Waals surface area contributed by atoms with E-state index in [9.17, 15) is 0 Å². The molecule has 0 N–H and O–H groups in total. The van der Waals surface area contributed by atoms with E-state index < -0.39 is 0 Å². The molecule has 0 saturated carbocycles. The fourth-order valence-corrected chi connectivity index (χ4v) is 3.61. The van der Waals surface area contributed by atoms with E-state index in [1.54, 1.807) is 0 Å². The molecule has 0 bridgehead atoms. The number of imidazole rings is 1. The van der Waals surface area contributed by atoms with E-state index >= 15 is 0 Å². The first-order chi connectivity index (χ1) is 14.4. The lowest BCUT2D eigenvalue weighted by Gasteiger charge is -2.03. The highest BCUT2D eigenvalue weighted by atomic mass is 35.5. The van der Waals surface area contributed by atoms with E-state index in [-0.39, 0.29) is 12.4 Å². The van der Waals surface area contributed by atoms with Crippen molar-refractivity contribution >= 4 is 0 Å². The van der Waals surface area contributed by atoms with Crippen molar-refractivity contribution in [2.45, 2.75) is 130 Å². The Morgan fingerprint density at radius 1 is 0.633 bits per heavy atom. The van der Waals surface area contributed by atoms with Gasteiger partial charge in [-0.15, -0.1) is 0 Å². The molecule has 1 aromatic heterocycles. The average molecular weight is 445 g/mol. The van der Waals surface area contributed by atoms with Crippen LogP contribution in [0.5, 0.6) is 0 Å². The smallest absolute Gasteiger partial charge is 0.247 e. The summed E-state index contributed by atoms with van der Waals surface area (Å²) in [5.74, 6) is 0. The van der Waals surface area contributed by atoms with E-state index in [2.05, 4.69) is 41.7 Å². The Bertz CT molecular complexity index is 416. The van der Waals surface area contributed by atoms with E-state index in [0.29, 0.717) is 13.5 Å². The number of ether oxygens (including phenoxy) is 2. The molecule has 0 atom stereocenters. The fraction of sp³-hybridized carbons (Fsp3) is 0.880. The molecule has 0 unspecified atom stereocenters. The molecule has 0 aliphatic heterocycles. The van der Waals surface area contributed by atoms with Gasteiger partial charge in [-0.05, 0) is 12.8 Å². The normalized spacial score (nSPS) is 11.0. The van der Waals surface area contributed by atoms with Crippen LogP contribution in [-0.4, -0.2) is 17.8 Å².